The molecule has 0 bridgehead atoms. The Labute approximate surface area is 129 Å². The smallest absolute Gasteiger partial charge is 0.200 e. The van der Waals surface area contributed by atoms with E-state index >= 15 is 0 Å². The molecule has 0 heterocycles. The molecule has 0 aliphatic heterocycles. The van der Waals surface area contributed by atoms with Crippen molar-refractivity contribution in [2.45, 2.75) is 72.0 Å². The Morgan fingerprint density at radius 1 is 1.00 bits per heavy atom. The predicted molar refractivity (Wildman–Crippen MR) is 93.9 cm³/mol. The van der Waals surface area contributed by atoms with Crippen molar-refractivity contribution in [2.75, 3.05) is 6.61 Å². The van der Waals surface area contributed by atoms with Gasteiger partial charge < -0.3 is 4.43 Å². The number of hydrogen-bond donors (Lipinski definition) is 0. The summed E-state index contributed by atoms with van der Waals surface area (Å²) < 4.78 is 7.92. The SMILES string of the molecule is C/C(I)=C/[C@H](C)CO[Si](C(C)C)(C(C)C)C(C)C. The maximum absolute atomic E-state index is 6.57. The summed E-state index contributed by atoms with van der Waals surface area (Å²) in [6.45, 7) is 19.3. The highest BCUT2D eigenvalue weighted by atomic mass is 127. The van der Waals surface area contributed by atoms with Gasteiger partial charge in [-0.25, -0.2) is 0 Å². The van der Waals surface area contributed by atoms with E-state index in [0.717, 1.165) is 6.61 Å². The van der Waals surface area contributed by atoms with E-state index in [1.165, 1.54) is 3.58 Å². The lowest BCUT2D eigenvalue weighted by Gasteiger charge is -2.42. The third-order valence-corrected chi connectivity index (χ3v) is 10.3. The van der Waals surface area contributed by atoms with Crippen LogP contribution in [0.4, 0.5) is 0 Å². The summed E-state index contributed by atoms with van der Waals surface area (Å²) in [6.07, 6.45) is 2.31. The lowest BCUT2D eigenvalue weighted by Crippen LogP contribution is -2.48. The highest BCUT2D eigenvalue weighted by Gasteiger charge is 2.44. The van der Waals surface area contributed by atoms with Crippen molar-refractivity contribution < 1.29 is 4.43 Å². The number of hydrogen-bond acceptors (Lipinski definition) is 1. The minimum absolute atomic E-state index is 0.519. The van der Waals surface area contributed by atoms with E-state index in [4.69, 9.17) is 4.43 Å². The van der Waals surface area contributed by atoms with Crippen LogP contribution in [0.25, 0.3) is 0 Å². The van der Waals surface area contributed by atoms with E-state index in [1.807, 2.05) is 0 Å². The minimum atomic E-state index is -1.67. The summed E-state index contributed by atoms with van der Waals surface area (Å²) in [5.41, 5.74) is 2.03. The van der Waals surface area contributed by atoms with E-state index in [0.29, 0.717) is 22.5 Å². The fourth-order valence-corrected chi connectivity index (χ4v) is 9.38. The van der Waals surface area contributed by atoms with Gasteiger partial charge in [-0.15, -0.1) is 0 Å². The molecule has 0 saturated heterocycles. The van der Waals surface area contributed by atoms with Crippen LogP contribution >= 0.6 is 22.6 Å². The third kappa shape index (κ3) is 4.97. The van der Waals surface area contributed by atoms with Crippen LogP contribution in [0, 0.1) is 5.92 Å². The molecule has 1 atom stereocenters. The van der Waals surface area contributed by atoms with E-state index in [2.05, 4.69) is 84.1 Å². The molecule has 108 valence electrons. The summed E-state index contributed by atoms with van der Waals surface area (Å²) in [5, 5.41) is 0. The Hall–Kier alpha value is 0.647. The van der Waals surface area contributed by atoms with Gasteiger partial charge in [0, 0.05) is 6.61 Å². The lowest BCUT2D eigenvalue weighted by molar-refractivity contribution is 0.250. The lowest BCUT2D eigenvalue weighted by atomic mass is 10.2. The zero-order chi connectivity index (χ0) is 14.5. The Kier molecular flexibility index (Phi) is 8.34. The maximum Gasteiger partial charge on any atom is 0.200 e. The van der Waals surface area contributed by atoms with E-state index in [-0.39, 0.29) is 0 Å². The summed E-state index contributed by atoms with van der Waals surface area (Å²) in [5.74, 6) is 0.519. The molecule has 0 amide bonds. The molecule has 1 nitrogen and oxygen atoms in total. The monoisotopic (exact) mass is 382 g/mol. The second-order valence-electron chi connectivity index (χ2n) is 6.36. The molecule has 0 aliphatic carbocycles. The van der Waals surface area contributed by atoms with Gasteiger partial charge in [-0.05, 0) is 55.6 Å². The fourth-order valence-electron chi connectivity index (χ4n) is 3.22. The van der Waals surface area contributed by atoms with Gasteiger partial charge in [0.15, 0.2) is 8.32 Å². The third-order valence-electron chi connectivity index (χ3n) is 3.82. The molecule has 0 aromatic carbocycles. The molecule has 0 saturated carbocycles. The number of allylic oxidation sites excluding steroid dienone is 1. The normalized spacial score (nSPS) is 15.9. The molecule has 0 spiro atoms. The van der Waals surface area contributed by atoms with Crippen LogP contribution in [-0.2, 0) is 4.43 Å². The Morgan fingerprint density at radius 2 is 1.39 bits per heavy atom. The second kappa shape index (κ2) is 8.05. The molecule has 18 heavy (non-hydrogen) atoms. The van der Waals surface area contributed by atoms with Crippen LogP contribution in [-0.4, -0.2) is 14.9 Å². The van der Waals surface area contributed by atoms with E-state index in [9.17, 15) is 0 Å². The first kappa shape index (κ1) is 18.6. The highest BCUT2D eigenvalue weighted by Crippen LogP contribution is 2.42. The highest BCUT2D eigenvalue weighted by molar-refractivity contribution is 14.1. The molecule has 0 unspecified atom stereocenters. The van der Waals surface area contributed by atoms with Crippen LogP contribution in [0.2, 0.25) is 16.6 Å². The van der Waals surface area contributed by atoms with Gasteiger partial charge >= 0.3 is 0 Å². The minimum Gasteiger partial charge on any atom is -0.415 e. The van der Waals surface area contributed by atoms with Gasteiger partial charge in [0.05, 0.1) is 0 Å². The molecule has 0 aliphatic rings. The molecule has 0 N–H and O–H groups in total. The predicted octanol–water partition coefficient (Wildman–Crippen LogP) is 6.15. The van der Waals surface area contributed by atoms with Gasteiger partial charge in [0.2, 0.25) is 0 Å². The van der Waals surface area contributed by atoms with Gasteiger partial charge in [0.1, 0.15) is 0 Å². The largest absolute Gasteiger partial charge is 0.415 e. The average molecular weight is 382 g/mol. The Morgan fingerprint density at radius 3 is 1.67 bits per heavy atom. The van der Waals surface area contributed by atoms with Crippen LogP contribution in [0.5, 0.6) is 0 Å². The van der Waals surface area contributed by atoms with Crippen LogP contribution < -0.4 is 0 Å². The van der Waals surface area contributed by atoms with Crippen molar-refractivity contribution in [3.63, 3.8) is 0 Å². The molecule has 0 radical (unpaired) electrons. The summed E-state index contributed by atoms with van der Waals surface area (Å²) >= 11 is 2.38. The van der Waals surface area contributed by atoms with Crippen molar-refractivity contribution in [1.29, 1.82) is 0 Å². The molecule has 0 rings (SSSR count). The van der Waals surface area contributed by atoms with E-state index in [1.54, 1.807) is 0 Å². The zero-order valence-corrected chi connectivity index (χ0v) is 16.5. The number of rotatable bonds is 7. The van der Waals surface area contributed by atoms with Crippen LogP contribution in [0.1, 0.15) is 55.4 Å². The standard InChI is InChI=1S/C15H31IOSi/c1-11(2)18(12(3)4,13(5)6)17-10-14(7)9-15(8)16/h9,11-14H,10H2,1-8H3/b15-9-/t14-/m0/s1. The van der Waals surface area contributed by atoms with Crippen molar-refractivity contribution in [1.82, 2.24) is 0 Å². The van der Waals surface area contributed by atoms with Crippen LogP contribution in [0.15, 0.2) is 9.66 Å². The van der Waals surface area contributed by atoms with Crippen molar-refractivity contribution in [3.8, 4) is 0 Å². The van der Waals surface area contributed by atoms with Crippen molar-refractivity contribution >= 4 is 30.9 Å². The van der Waals surface area contributed by atoms with Crippen LogP contribution in [0.3, 0.4) is 0 Å². The summed E-state index contributed by atoms with van der Waals surface area (Å²) in [6, 6.07) is 0. The van der Waals surface area contributed by atoms with Gasteiger partial charge in [-0.3, -0.25) is 0 Å². The average Bonchev–Trinajstić information content (AvgIpc) is 2.15. The Bertz CT molecular complexity index is 246. The molecular formula is C15H31IOSi. The van der Waals surface area contributed by atoms with Crippen molar-refractivity contribution in [2.24, 2.45) is 5.92 Å². The molecular weight excluding hydrogens is 351 g/mol. The summed E-state index contributed by atoms with van der Waals surface area (Å²) in [4.78, 5) is 0. The van der Waals surface area contributed by atoms with Gasteiger partial charge in [-0.1, -0.05) is 54.5 Å². The maximum atomic E-state index is 6.57. The van der Waals surface area contributed by atoms with Crippen molar-refractivity contribution in [3.05, 3.63) is 9.66 Å². The molecule has 3 heteroatoms. The fraction of sp³-hybridized carbons (Fsp3) is 0.867. The van der Waals surface area contributed by atoms with Gasteiger partial charge in [0.25, 0.3) is 0 Å². The quantitative estimate of drug-likeness (QED) is 0.379. The van der Waals surface area contributed by atoms with E-state index < -0.39 is 8.32 Å². The first-order valence-corrected chi connectivity index (χ1v) is 10.3. The molecule has 0 fully saturated rings. The molecule has 0 aromatic heterocycles. The topological polar surface area (TPSA) is 9.23 Å². The van der Waals surface area contributed by atoms with Gasteiger partial charge in [-0.2, -0.15) is 0 Å². The zero-order valence-electron chi connectivity index (χ0n) is 13.4. The second-order valence-corrected chi connectivity index (χ2v) is 13.5. The number of halogens is 1. The molecule has 0 aromatic rings. The Balaban J connectivity index is 4.87. The summed E-state index contributed by atoms with van der Waals surface area (Å²) in [7, 11) is -1.67. The first-order chi connectivity index (χ1) is 8.14. The first-order valence-electron chi connectivity index (χ1n) is 7.12.